The molecule has 0 bridgehead atoms. The summed E-state index contributed by atoms with van der Waals surface area (Å²) in [5.41, 5.74) is 0.869. The normalized spacial score (nSPS) is 10.8. The number of pyridine rings is 1. The first-order valence-corrected chi connectivity index (χ1v) is 6.59. The first-order chi connectivity index (χ1) is 9.69. The minimum Gasteiger partial charge on any atom is -0.487 e. The zero-order valence-corrected chi connectivity index (χ0v) is 12.0. The summed E-state index contributed by atoms with van der Waals surface area (Å²) < 4.78 is 12.6. The van der Waals surface area contributed by atoms with Crippen LogP contribution in [0.2, 0.25) is 0 Å². The highest BCUT2D eigenvalue weighted by molar-refractivity contribution is 5.60. The monoisotopic (exact) mass is 276 g/mol. The highest BCUT2D eigenvalue weighted by Crippen LogP contribution is 2.25. The maximum atomic E-state index is 5.72. The lowest BCUT2D eigenvalue weighted by Gasteiger charge is -2.13. The average Bonchev–Trinajstić information content (AvgIpc) is 2.86. The third kappa shape index (κ3) is 3.96. The molecule has 20 heavy (non-hydrogen) atoms. The smallest absolute Gasteiger partial charge is 0.173 e. The Hall–Kier alpha value is -2.08. The Morgan fingerprint density at radius 2 is 2.25 bits per heavy atom. The fraction of sp³-hybridized carbons (Fsp3) is 0.429. The Balaban J connectivity index is 2.07. The maximum absolute atomic E-state index is 5.72. The van der Waals surface area contributed by atoms with Gasteiger partial charge in [-0.2, -0.15) is 5.10 Å². The van der Waals surface area contributed by atoms with Crippen molar-refractivity contribution in [3.8, 4) is 5.75 Å². The summed E-state index contributed by atoms with van der Waals surface area (Å²) in [5, 5.41) is 7.46. The van der Waals surface area contributed by atoms with Crippen LogP contribution in [-0.2, 0) is 11.3 Å². The van der Waals surface area contributed by atoms with Gasteiger partial charge in [0.05, 0.1) is 31.1 Å². The van der Waals surface area contributed by atoms with Crippen molar-refractivity contribution in [2.24, 2.45) is 0 Å². The van der Waals surface area contributed by atoms with E-state index in [2.05, 4.69) is 15.4 Å². The molecular weight excluding hydrogens is 256 g/mol. The molecule has 0 radical (unpaired) electrons. The van der Waals surface area contributed by atoms with Crippen molar-refractivity contribution >= 4 is 11.5 Å². The van der Waals surface area contributed by atoms with Crippen molar-refractivity contribution in [3.05, 3.63) is 30.7 Å². The summed E-state index contributed by atoms with van der Waals surface area (Å²) in [6, 6.07) is 3.75. The molecule has 0 aliphatic rings. The summed E-state index contributed by atoms with van der Waals surface area (Å²) in [6.45, 7) is 5.32. The van der Waals surface area contributed by atoms with E-state index in [-0.39, 0.29) is 6.10 Å². The fourth-order valence-corrected chi connectivity index (χ4v) is 1.71. The van der Waals surface area contributed by atoms with Gasteiger partial charge in [-0.25, -0.2) is 4.98 Å². The Bertz CT molecular complexity index is 539. The highest BCUT2D eigenvalue weighted by atomic mass is 16.5. The molecule has 0 fully saturated rings. The average molecular weight is 276 g/mol. The van der Waals surface area contributed by atoms with E-state index in [1.807, 2.05) is 36.9 Å². The van der Waals surface area contributed by atoms with Gasteiger partial charge in [0.2, 0.25) is 0 Å². The lowest BCUT2D eigenvalue weighted by atomic mass is 10.4. The summed E-state index contributed by atoms with van der Waals surface area (Å²) in [5.74, 6) is 1.42. The Morgan fingerprint density at radius 1 is 1.40 bits per heavy atom. The maximum Gasteiger partial charge on any atom is 0.173 e. The van der Waals surface area contributed by atoms with E-state index in [4.69, 9.17) is 9.47 Å². The van der Waals surface area contributed by atoms with E-state index in [0.717, 1.165) is 18.0 Å². The predicted molar refractivity (Wildman–Crippen MR) is 77.4 cm³/mol. The van der Waals surface area contributed by atoms with Gasteiger partial charge in [0.25, 0.3) is 0 Å². The van der Waals surface area contributed by atoms with Crippen LogP contribution in [0.15, 0.2) is 30.7 Å². The van der Waals surface area contributed by atoms with Gasteiger partial charge in [0.15, 0.2) is 11.6 Å². The molecule has 0 atom stereocenters. The molecule has 2 heterocycles. The molecule has 108 valence electrons. The van der Waals surface area contributed by atoms with Crippen LogP contribution in [0.4, 0.5) is 11.5 Å². The van der Waals surface area contributed by atoms with Gasteiger partial charge in [-0.15, -0.1) is 0 Å². The molecule has 0 aliphatic carbocycles. The van der Waals surface area contributed by atoms with Gasteiger partial charge >= 0.3 is 0 Å². The number of ether oxygens (including phenoxy) is 2. The quantitative estimate of drug-likeness (QED) is 0.841. The van der Waals surface area contributed by atoms with Crippen molar-refractivity contribution < 1.29 is 9.47 Å². The number of anilines is 2. The molecule has 0 spiro atoms. The van der Waals surface area contributed by atoms with Gasteiger partial charge in [0, 0.05) is 19.5 Å². The molecule has 1 N–H and O–H groups in total. The SMILES string of the molecule is COCCn1cc(Nc2ncccc2OC(C)C)cn1. The molecular formula is C14H20N4O2. The summed E-state index contributed by atoms with van der Waals surface area (Å²) in [7, 11) is 1.67. The largest absolute Gasteiger partial charge is 0.487 e. The molecule has 0 aliphatic heterocycles. The van der Waals surface area contributed by atoms with Gasteiger partial charge in [-0.3, -0.25) is 4.68 Å². The highest BCUT2D eigenvalue weighted by Gasteiger charge is 2.08. The fourth-order valence-electron chi connectivity index (χ4n) is 1.71. The van der Waals surface area contributed by atoms with Gasteiger partial charge in [-0.1, -0.05) is 0 Å². The third-order valence-electron chi connectivity index (χ3n) is 2.55. The van der Waals surface area contributed by atoms with E-state index in [1.54, 1.807) is 19.5 Å². The zero-order chi connectivity index (χ0) is 14.4. The topological polar surface area (TPSA) is 61.2 Å². The van der Waals surface area contributed by atoms with Gasteiger partial charge in [0.1, 0.15) is 0 Å². The van der Waals surface area contributed by atoms with Crippen LogP contribution in [0.25, 0.3) is 0 Å². The molecule has 0 saturated carbocycles. The standard InChI is InChI=1S/C14H20N4O2/c1-11(2)20-13-5-4-6-15-14(13)17-12-9-16-18(10-12)7-8-19-3/h4-6,9-11H,7-8H2,1-3H3,(H,15,17). The Kier molecular flexibility index (Phi) is 4.95. The Labute approximate surface area is 118 Å². The first kappa shape index (κ1) is 14.3. The number of hydrogen-bond donors (Lipinski definition) is 1. The number of hydrogen-bond acceptors (Lipinski definition) is 5. The van der Waals surface area contributed by atoms with E-state index < -0.39 is 0 Å². The van der Waals surface area contributed by atoms with Crippen LogP contribution >= 0.6 is 0 Å². The van der Waals surface area contributed by atoms with E-state index in [9.17, 15) is 0 Å². The van der Waals surface area contributed by atoms with Crippen LogP contribution in [-0.4, -0.2) is 34.6 Å². The van der Waals surface area contributed by atoms with Crippen molar-refractivity contribution in [2.75, 3.05) is 19.0 Å². The molecule has 0 amide bonds. The van der Waals surface area contributed by atoms with Gasteiger partial charge in [-0.05, 0) is 26.0 Å². The van der Waals surface area contributed by atoms with Crippen molar-refractivity contribution in [2.45, 2.75) is 26.5 Å². The minimum atomic E-state index is 0.101. The molecule has 0 saturated heterocycles. The van der Waals surface area contributed by atoms with Crippen LogP contribution in [0.5, 0.6) is 5.75 Å². The molecule has 2 rings (SSSR count). The zero-order valence-electron chi connectivity index (χ0n) is 12.0. The summed E-state index contributed by atoms with van der Waals surface area (Å²) in [6.07, 6.45) is 5.49. The van der Waals surface area contributed by atoms with Crippen LogP contribution in [0.3, 0.4) is 0 Å². The second-order valence-corrected chi connectivity index (χ2v) is 4.63. The molecule has 6 heteroatoms. The second kappa shape index (κ2) is 6.91. The van der Waals surface area contributed by atoms with E-state index in [0.29, 0.717) is 12.4 Å². The molecule has 2 aromatic rings. The lowest BCUT2D eigenvalue weighted by molar-refractivity contribution is 0.183. The van der Waals surface area contributed by atoms with Crippen molar-refractivity contribution in [3.63, 3.8) is 0 Å². The second-order valence-electron chi connectivity index (χ2n) is 4.63. The number of rotatable bonds is 7. The Morgan fingerprint density at radius 3 is 3.00 bits per heavy atom. The molecule has 0 aromatic carbocycles. The summed E-state index contributed by atoms with van der Waals surface area (Å²) in [4.78, 5) is 4.30. The van der Waals surface area contributed by atoms with Crippen molar-refractivity contribution in [1.29, 1.82) is 0 Å². The summed E-state index contributed by atoms with van der Waals surface area (Å²) >= 11 is 0. The van der Waals surface area contributed by atoms with E-state index in [1.165, 1.54) is 0 Å². The number of nitrogens with one attached hydrogen (secondary N) is 1. The van der Waals surface area contributed by atoms with E-state index >= 15 is 0 Å². The molecule has 0 unspecified atom stereocenters. The van der Waals surface area contributed by atoms with Gasteiger partial charge < -0.3 is 14.8 Å². The lowest BCUT2D eigenvalue weighted by Crippen LogP contribution is -2.08. The predicted octanol–water partition coefficient (Wildman–Crippen LogP) is 2.46. The number of aromatic nitrogens is 3. The molecule has 2 aromatic heterocycles. The third-order valence-corrected chi connectivity index (χ3v) is 2.55. The van der Waals surface area contributed by atoms with Crippen molar-refractivity contribution in [1.82, 2.24) is 14.8 Å². The van der Waals surface area contributed by atoms with Crippen LogP contribution in [0.1, 0.15) is 13.8 Å². The molecule has 6 nitrogen and oxygen atoms in total. The minimum absolute atomic E-state index is 0.101. The van der Waals surface area contributed by atoms with Crippen LogP contribution in [0, 0.1) is 0 Å². The first-order valence-electron chi connectivity index (χ1n) is 6.59. The number of methoxy groups -OCH3 is 1. The van der Waals surface area contributed by atoms with Crippen LogP contribution < -0.4 is 10.1 Å². The number of nitrogens with zero attached hydrogens (tertiary/aromatic N) is 3.